The molecule has 2 aliphatic rings. The smallest absolute Gasteiger partial charge is 0.192 e. The number of aliphatic hydroxyl groups is 1. The summed E-state index contributed by atoms with van der Waals surface area (Å²) >= 11 is 0. The first-order valence-electron chi connectivity index (χ1n) is 7.23. The number of hydrogen-bond donors (Lipinski definition) is 2. The van der Waals surface area contributed by atoms with Gasteiger partial charge in [0.25, 0.3) is 0 Å². The van der Waals surface area contributed by atoms with E-state index in [9.17, 15) is 13.6 Å². The van der Waals surface area contributed by atoms with E-state index in [0.29, 0.717) is 12.0 Å². The Morgan fingerprint density at radius 3 is 2.83 bits per heavy atom. The SMILES string of the molecule is CO.O=CC1=CC=C(C2NC=C(c3cc(F)ccc3F)O2)CC=C1. The zero-order valence-corrected chi connectivity index (χ0v) is 13.0. The molecule has 24 heavy (non-hydrogen) atoms. The summed E-state index contributed by atoms with van der Waals surface area (Å²) in [6.07, 6.45) is 9.48. The Balaban J connectivity index is 0.00000100. The molecule has 6 heteroatoms. The van der Waals surface area contributed by atoms with Gasteiger partial charge in [0, 0.05) is 18.9 Å². The molecule has 1 aromatic rings. The molecule has 4 nitrogen and oxygen atoms in total. The van der Waals surface area contributed by atoms with Gasteiger partial charge in [-0.3, -0.25) is 4.79 Å². The van der Waals surface area contributed by atoms with Crippen molar-refractivity contribution in [2.45, 2.75) is 12.6 Å². The summed E-state index contributed by atoms with van der Waals surface area (Å²) in [5.41, 5.74) is 1.53. The van der Waals surface area contributed by atoms with E-state index in [1.54, 1.807) is 18.2 Å². The molecule has 1 heterocycles. The molecule has 1 aliphatic heterocycles. The third-order valence-electron chi connectivity index (χ3n) is 3.43. The summed E-state index contributed by atoms with van der Waals surface area (Å²) in [7, 11) is 1.00. The van der Waals surface area contributed by atoms with Gasteiger partial charge >= 0.3 is 0 Å². The highest BCUT2D eigenvalue weighted by atomic mass is 19.1. The van der Waals surface area contributed by atoms with E-state index in [0.717, 1.165) is 37.2 Å². The summed E-state index contributed by atoms with van der Waals surface area (Å²) in [4.78, 5) is 10.8. The van der Waals surface area contributed by atoms with Crippen LogP contribution in [0.1, 0.15) is 12.0 Å². The van der Waals surface area contributed by atoms with Crippen molar-refractivity contribution in [3.63, 3.8) is 0 Å². The number of hydrogen-bond acceptors (Lipinski definition) is 4. The topological polar surface area (TPSA) is 58.6 Å². The minimum absolute atomic E-state index is 0.0730. The van der Waals surface area contributed by atoms with E-state index >= 15 is 0 Å². The van der Waals surface area contributed by atoms with E-state index in [-0.39, 0.29) is 11.3 Å². The maximum absolute atomic E-state index is 13.8. The second kappa shape index (κ2) is 8.21. The van der Waals surface area contributed by atoms with Gasteiger partial charge in [-0.2, -0.15) is 0 Å². The molecule has 1 aliphatic carbocycles. The Morgan fingerprint density at radius 1 is 1.29 bits per heavy atom. The molecule has 0 saturated carbocycles. The van der Waals surface area contributed by atoms with Gasteiger partial charge in [-0.25, -0.2) is 8.78 Å². The zero-order valence-electron chi connectivity index (χ0n) is 13.0. The summed E-state index contributed by atoms with van der Waals surface area (Å²) in [6, 6.07) is 3.22. The van der Waals surface area contributed by atoms with Gasteiger partial charge in [0.05, 0.1) is 5.56 Å². The molecule has 1 unspecified atom stereocenters. The Labute approximate surface area is 138 Å². The highest BCUT2D eigenvalue weighted by Gasteiger charge is 2.24. The van der Waals surface area contributed by atoms with Crippen LogP contribution in [0.4, 0.5) is 8.78 Å². The van der Waals surface area contributed by atoms with Crippen molar-refractivity contribution in [2.24, 2.45) is 0 Å². The van der Waals surface area contributed by atoms with Gasteiger partial charge in [-0.1, -0.05) is 24.3 Å². The number of halogens is 2. The van der Waals surface area contributed by atoms with Gasteiger partial charge < -0.3 is 15.2 Å². The van der Waals surface area contributed by atoms with Crippen LogP contribution in [0, 0.1) is 11.6 Å². The highest BCUT2D eigenvalue weighted by molar-refractivity contribution is 5.78. The van der Waals surface area contributed by atoms with E-state index < -0.39 is 17.9 Å². The molecule has 0 spiro atoms. The van der Waals surface area contributed by atoms with Gasteiger partial charge in [0.2, 0.25) is 0 Å². The Kier molecular flexibility index (Phi) is 6.03. The molecular formula is C18H17F2NO3. The Hall–Kier alpha value is -2.73. The largest absolute Gasteiger partial charge is 0.465 e. The third-order valence-corrected chi connectivity index (χ3v) is 3.43. The van der Waals surface area contributed by atoms with Crippen LogP contribution in [0.15, 0.2) is 59.8 Å². The number of rotatable bonds is 3. The Morgan fingerprint density at radius 2 is 2.08 bits per heavy atom. The molecule has 0 aromatic heterocycles. The molecule has 0 radical (unpaired) electrons. The zero-order chi connectivity index (χ0) is 17.5. The van der Waals surface area contributed by atoms with Crippen LogP contribution in [0.5, 0.6) is 0 Å². The lowest BCUT2D eigenvalue weighted by molar-refractivity contribution is -0.104. The van der Waals surface area contributed by atoms with Crippen LogP contribution in [-0.4, -0.2) is 24.7 Å². The molecular weight excluding hydrogens is 316 g/mol. The molecule has 1 aromatic carbocycles. The minimum Gasteiger partial charge on any atom is -0.465 e. The van der Waals surface area contributed by atoms with E-state index in [1.165, 1.54) is 6.20 Å². The molecule has 2 N–H and O–H groups in total. The summed E-state index contributed by atoms with van der Waals surface area (Å²) in [6.45, 7) is 0. The lowest BCUT2D eigenvalue weighted by Gasteiger charge is -2.16. The fourth-order valence-corrected chi connectivity index (χ4v) is 2.29. The molecule has 0 amide bonds. The molecule has 0 bridgehead atoms. The predicted octanol–water partition coefficient (Wildman–Crippen LogP) is 2.83. The van der Waals surface area contributed by atoms with Crippen LogP contribution in [0.25, 0.3) is 5.76 Å². The number of benzene rings is 1. The van der Waals surface area contributed by atoms with E-state index in [2.05, 4.69) is 5.32 Å². The van der Waals surface area contributed by atoms with Crippen LogP contribution < -0.4 is 5.32 Å². The molecule has 0 fully saturated rings. The van der Waals surface area contributed by atoms with Crippen molar-refractivity contribution >= 4 is 12.0 Å². The van der Waals surface area contributed by atoms with Gasteiger partial charge in [0.1, 0.15) is 23.7 Å². The average molecular weight is 333 g/mol. The first-order chi connectivity index (χ1) is 11.7. The predicted molar refractivity (Wildman–Crippen MR) is 86.5 cm³/mol. The fraction of sp³-hybridized carbons (Fsp3) is 0.167. The number of allylic oxidation sites excluding steroid dienone is 5. The number of carbonyl (C=O) groups is 1. The van der Waals surface area contributed by atoms with Gasteiger partial charge in [0.15, 0.2) is 6.23 Å². The second-order valence-corrected chi connectivity index (χ2v) is 4.93. The van der Waals surface area contributed by atoms with Crippen LogP contribution in [0.3, 0.4) is 0 Å². The maximum Gasteiger partial charge on any atom is 0.192 e. The van der Waals surface area contributed by atoms with E-state index in [4.69, 9.17) is 9.84 Å². The maximum atomic E-state index is 13.8. The number of aliphatic hydroxyl groups excluding tert-OH is 1. The van der Waals surface area contributed by atoms with Crippen molar-refractivity contribution in [2.75, 3.05) is 7.11 Å². The first-order valence-corrected chi connectivity index (χ1v) is 7.23. The molecule has 1 atom stereocenters. The summed E-state index contributed by atoms with van der Waals surface area (Å²) in [5, 5.41) is 9.99. The molecule has 3 rings (SSSR count). The number of ether oxygens (including phenoxy) is 1. The Bertz CT molecular complexity index is 736. The van der Waals surface area contributed by atoms with Crippen molar-refractivity contribution in [1.29, 1.82) is 0 Å². The standard InChI is InChI=1S/C17H13F2NO2.CH4O/c18-13-6-7-15(19)14(8-13)16-9-20-17(22-16)12-3-1-2-11(10-21)4-5-12;1-2/h1-2,4-10,17,20H,3H2;2H,1H3. The normalized spacial score (nSPS) is 18.8. The average Bonchev–Trinajstić information content (AvgIpc) is 2.97. The fourth-order valence-electron chi connectivity index (χ4n) is 2.29. The van der Waals surface area contributed by atoms with Crippen molar-refractivity contribution in [1.82, 2.24) is 5.32 Å². The molecule has 0 saturated heterocycles. The summed E-state index contributed by atoms with van der Waals surface area (Å²) < 4.78 is 32.7. The summed E-state index contributed by atoms with van der Waals surface area (Å²) in [5.74, 6) is -0.830. The van der Waals surface area contributed by atoms with Crippen molar-refractivity contribution in [3.8, 4) is 0 Å². The van der Waals surface area contributed by atoms with Gasteiger partial charge in [-0.05, 0) is 30.2 Å². The lowest BCUT2D eigenvalue weighted by Crippen LogP contribution is -2.23. The number of nitrogens with one attached hydrogen (secondary N) is 1. The van der Waals surface area contributed by atoms with Crippen LogP contribution in [0.2, 0.25) is 0 Å². The quantitative estimate of drug-likeness (QED) is 0.835. The highest BCUT2D eigenvalue weighted by Crippen LogP contribution is 2.28. The van der Waals surface area contributed by atoms with Crippen LogP contribution >= 0.6 is 0 Å². The van der Waals surface area contributed by atoms with Crippen molar-refractivity contribution in [3.05, 3.63) is 77.0 Å². The van der Waals surface area contributed by atoms with E-state index in [1.807, 2.05) is 6.08 Å². The minimum atomic E-state index is -0.548. The van der Waals surface area contributed by atoms with Crippen LogP contribution in [-0.2, 0) is 9.53 Å². The third kappa shape index (κ3) is 3.97. The van der Waals surface area contributed by atoms with Crippen molar-refractivity contribution < 1.29 is 23.4 Å². The monoisotopic (exact) mass is 333 g/mol. The number of aldehydes is 1. The molecule has 126 valence electrons. The lowest BCUT2D eigenvalue weighted by atomic mass is 10.1. The number of carbonyl (C=O) groups excluding carboxylic acids is 1. The van der Waals surface area contributed by atoms with Gasteiger partial charge in [-0.15, -0.1) is 0 Å². The first kappa shape index (κ1) is 17.6. The second-order valence-electron chi connectivity index (χ2n) is 4.93.